The van der Waals surface area contributed by atoms with Crippen LogP contribution in [0.3, 0.4) is 0 Å². The van der Waals surface area contributed by atoms with Crippen LogP contribution in [0, 0.1) is 12.7 Å². The normalized spacial score (nSPS) is 13.9. The number of aromatic nitrogens is 4. The van der Waals surface area contributed by atoms with E-state index in [2.05, 4.69) is 11.8 Å². The first-order valence-electron chi connectivity index (χ1n) is 13.7. The van der Waals surface area contributed by atoms with E-state index in [4.69, 9.17) is 24.5 Å². The Hall–Kier alpha value is -4.21. The van der Waals surface area contributed by atoms with Gasteiger partial charge < -0.3 is 19.3 Å². The molecule has 2 aromatic carbocycles. The van der Waals surface area contributed by atoms with E-state index in [-0.39, 0.29) is 11.7 Å². The summed E-state index contributed by atoms with van der Waals surface area (Å²) in [6.45, 7) is 6.62. The first-order chi connectivity index (χ1) is 19.4. The summed E-state index contributed by atoms with van der Waals surface area (Å²) in [4.78, 5) is 27.5. The number of carbonyl (C=O) groups is 1. The fourth-order valence-corrected chi connectivity index (χ4v) is 5.09. The van der Waals surface area contributed by atoms with Crippen LogP contribution in [-0.2, 0) is 6.42 Å². The van der Waals surface area contributed by atoms with Gasteiger partial charge in [0.1, 0.15) is 29.0 Å². The zero-order valence-corrected chi connectivity index (χ0v) is 23.5. The van der Waals surface area contributed by atoms with E-state index < -0.39 is 0 Å². The third-order valence-corrected chi connectivity index (χ3v) is 7.24. The van der Waals surface area contributed by atoms with Crippen molar-refractivity contribution < 1.29 is 18.7 Å². The molecule has 2 aromatic heterocycles. The molecule has 5 rings (SSSR count). The third-order valence-electron chi connectivity index (χ3n) is 7.24. The van der Waals surface area contributed by atoms with Gasteiger partial charge in [-0.1, -0.05) is 13.3 Å². The SMILES string of the molecule is CCCCc1nc(N2CCCN(C(=O)c3cc(OC)cc(OC)c3)CC2)c2c(C)nn(-c3ccc(F)cc3)c2n1. The van der Waals surface area contributed by atoms with Crippen LogP contribution in [0.15, 0.2) is 42.5 Å². The Morgan fingerprint density at radius 3 is 2.38 bits per heavy atom. The number of halogens is 1. The lowest BCUT2D eigenvalue weighted by molar-refractivity contribution is 0.0766. The molecule has 1 fully saturated rings. The summed E-state index contributed by atoms with van der Waals surface area (Å²) in [7, 11) is 3.15. The number of aryl methyl sites for hydroxylation is 2. The van der Waals surface area contributed by atoms with Crippen LogP contribution in [0.1, 0.15) is 48.1 Å². The molecule has 0 N–H and O–H groups in total. The molecule has 3 heterocycles. The predicted molar refractivity (Wildman–Crippen MR) is 152 cm³/mol. The fraction of sp³-hybridized carbons (Fsp3) is 0.400. The van der Waals surface area contributed by atoms with Gasteiger partial charge in [-0.25, -0.2) is 19.0 Å². The second-order valence-corrected chi connectivity index (χ2v) is 9.97. The van der Waals surface area contributed by atoms with Gasteiger partial charge >= 0.3 is 0 Å². The molecule has 1 amide bonds. The van der Waals surface area contributed by atoms with Gasteiger partial charge in [0.2, 0.25) is 0 Å². The topological polar surface area (TPSA) is 85.6 Å². The van der Waals surface area contributed by atoms with E-state index in [0.717, 1.165) is 60.6 Å². The lowest BCUT2D eigenvalue weighted by Crippen LogP contribution is -2.35. The van der Waals surface area contributed by atoms with Crippen molar-refractivity contribution in [3.05, 3.63) is 65.4 Å². The quantitative estimate of drug-likeness (QED) is 0.308. The molecule has 10 heteroatoms. The molecule has 0 saturated carbocycles. The van der Waals surface area contributed by atoms with Gasteiger partial charge in [0.05, 0.1) is 31.0 Å². The van der Waals surface area contributed by atoms with Gasteiger partial charge in [0, 0.05) is 44.2 Å². The number of amides is 1. The molecule has 210 valence electrons. The van der Waals surface area contributed by atoms with Gasteiger partial charge in [-0.3, -0.25) is 4.79 Å². The van der Waals surface area contributed by atoms with E-state index in [0.29, 0.717) is 42.3 Å². The number of rotatable bonds is 8. The van der Waals surface area contributed by atoms with E-state index >= 15 is 0 Å². The highest BCUT2D eigenvalue weighted by atomic mass is 19.1. The van der Waals surface area contributed by atoms with Crippen molar-refractivity contribution in [1.82, 2.24) is 24.6 Å². The number of carbonyl (C=O) groups excluding carboxylic acids is 1. The molecule has 1 aliphatic heterocycles. The Morgan fingerprint density at radius 1 is 0.975 bits per heavy atom. The maximum Gasteiger partial charge on any atom is 0.254 e. The van der Waals surface area contributed by atoms with Crippen LogP contribution in [0.25, 0.3) is 16.7 Å². The van der Waals surface area contributed by atoms with Crippen LogP contribution in [0.4, 0.5) is 10.2 Å². The average Bonchev–Trinajstić information content (AvgIpc) is 3.14. The summed E-state index contributed by atoms with van der Waals surface area (Å²) >= 11 is 0. The zero-order chi connectivity index (χ0) is 28.2. The first-order valence-corrected chi connectivity index (χ1v) is 13.7. The maximum atomic E-state index is 13.6. The van der Waals surface area contributed by atoms with Gasteiger partial charge in [0.25, 0.3) is 5.91 Å². The van der Waals surface area contributed by atoms with Crippen LogP contribution in [-0.4, -0.2) is 71.0 Å². The zero-order valence-electron chi connectivity index (χ0n) is 23.5. The molecule has 40 heavy (non-hydrogen) atoms. The van der Waals surface area contributed by atoms with Crippen molar-refractivity contribution in [1.29, 1.82) is 0 Å². The number of nitrogens with zero attached hydrogens (tertiary/aromatic N) is 6. The van der Waals surface area contributed by atoms with E-state index in [1.807, 2.05) is 11.8 Å². The van der Waals surface area contributed by atoms with Crippen LogP contribution in [0.2, 0.25) is 0 Å². The molecule has 0 radical (unpaired) electrons. The summed E-state index contributed by atoms with van der Waals surface area (Å²) in [6, 6.07) is 11.5. The predicted octanol–water partition coefficient (Wildman–Crippen LogP) is 4.98. The standard InChI is InChI=1S/C30H35FN6O3/c1-5-6-8-26-32-28(27-20(2)34-37(29(27)33-26)23-11-9-22(31)10-12-23)35-13-7-14-36(16-15-35)30(38)21-17-24(39-3)19-25(18-21)40-4/h9-12,17-19H,5-8,13-16H2,1-4H3. The number of benzene rings is 2. The van der Waals surface area contributed by atoms with Crippen molar-refractivity contribution in [3.63, 3.8) is 0 Å². The molecule has 0 spiro atoms. The minimum Gasteiger partial charge on any atom is -0.497 e. The van der Waals surface area contributed by atoms with E-state index in [1.54, 1.807) is 49.2 Å². The molecule has 4 aromatic rings. The number of methoxy groups -OCH3 is 2. The molecule has 1 saturated heterocycles. The van der Waals surface area contributed by atoms with Crippen molar-refractivity contribution in [2.75, 3.05) is 45.3 Å². The van der Waals surface area contributed by atoms with E-state index in [1.165, 1.54) is 12.1 Å². The Bertz CT molecular complexity index is 1480. The molecule has 1 aliphatic rings. The minimum atomic E-state index is -0.299. The summed E-state index contributed by atoms with van der Waals surface area (Å²) in [6.07, 6.45) is 3.54. The Kier molecular flexibility index (Phi) is 8.14. The summed E-state index contributed by atoms with van der Waals surface area (Å²) in [5, 5.41) is 5.66. The monoisotopic (exact) mass is 546 g/mol. The second kappa shape index (κ2) is 11.9. The van der Waals surface area contributed by atoms with Crippen molar-refractivity contribution in [2.24, 2.45) is 0 Å². The molecule has 0 bridgehead atoms. The van der Waals surface area contributed by atoms with Gasteiger partial charge in [-0.05, 0) is 56.2 Å². The summed E-state index contributed by atoms with van der Waals surface area (Å²) in [5.74, 6) is 2.39. The summed E-state index contributed by atoms with van der Waals surface area (Å²) < 4.78 is 26.1. The number of fused-ring (bicyclic) bond motifs is 1. The fourth-order valence-electron chi connectivity index (χ4n) is 5.09. The van der Waals surface area contributed by atoms with Crippen molar-refractivity contribution >= 4 is 22.8 Å². The average molecular weight is 547 g/mol. The number of anilines is 1. The van der Waals surface area contributed by atoms with Crippen LogP contribution >= 0.6 is 0 Å². The largest absolute Gasteiger partial charge is 0.497 e. The molecular formula is C30H35FN6O3. The number of unbranched alkanes of at least 4 members (excludes halogenated alkanes) is 1. The van der Waals surface area contributed by atoms with E-state index in [9.17, 15) is 9.18 Å². The maximum absolute atomic E-state index is 13.6. The molecular weight excluding hydrogens is 511 g/mol. The van der Waals surface area contributed by atoms with Crippen molar-refractivity contribution in [2.45, 2.75) is 39.5 Å². The van der Waals surface area contributed by atoms with Gasteiger partial charge in [-0.2, -0.15) is 5.10 Å². The number of hydrogen-bond acceptors (Lipinski definition) is 7. The third kappa shape index (κ3) is 5.57. The van der Waals surface area contributed by atoms with Gasteiger partial charge in [0.15, 0.2) is 5.65 Å². The molecule has 0 unspecified atom stereocenters. The highest BCUT2D eigenvalue weighted by molar-refractivity contribution is 5.95. The van der Waals surface area contributed by atoms with Crippen LogP contribution < -0.4 is 14.4 Å². The Labute approximate surface area is 233 Å². The van der Waals surface area contributed by atoms with Gasteiger partial charge in [-0.15, -0.1) is 0 Å². The first kappa shape index (κ1) is 27.4. The number of hydrogen-bond donors (Lipinski definition) is 0. The lowest BCUT2D eigenvalue weighted by Gasteiger charge is -2.24. The van der Waals surface area contributed by atoms with Crippen molar-refractivity contribution in [3.8, 4) is 17.2 Å². The van der Waals surface area contributed by atoms with Crippen LogP contribution in [0.5, 0.6) is 11.5 Å². The molecule has 0 aliphatic carbocycles. The molecule has 0 atom stereocenters. The lowest BCUT2D eigenvalue weighted by atomic mass is 10.1. The second-order valence-electron chi connectivity index (χ2n) is 9.97. The molecule has 9 nitrogen and oxygen atoms in total. The smallest absolute Gasteiger partial charge is 0.254 e. The Morgan fingerprint density at radius 2 is 1.70 bits per heavy atom. The minimum absolute atomic E-state index is 0.0594. The summed E-state index contributed by atoms with van der Waals surface area (Å²) in [5.41, 5.74) is 2.79. The Balaban J connectivity index is 1.47. The number of ether oxygens (including phenoxy) is 2. The highest BCUT2D eigenvalue weighted by Crippen LogP contribution is 2.31. The highest BCUT2D eigenvalue weighted by Gasteiger charge is 2.26.